The van der Waals surface area contributed by atoms with E-state index in [1.165, 1.54) is 11.3 Å². The van der Waals surface area contributed by atoms with E-state index >= 15 is 0 Å². The Balaban J connectivity index is 1.71. The minimum absolute atomic E-state index is 0.0229. The van der Waals surface area contributed by atoms with Crippen LogP contribution < -0.4 is 4.90 Å². The van der Waals surface area contributed by atoms with E-state index in [1.54, 1.807) is 15.6 Å². The summed E-state index contributed by atoms with van der Waals surface area (Å²) >= 11 is 7.72. The molecule has 6 nitrogen and oxygen atoms in total. The molecule has 2 aromatic heterocycles. The van der Waals surface area contributed by atoms with Gasteiger partial charge < -0.3 is 4.74 Å². The van der Waals surface area contributed by atoms with Gasteiger partial charge >= 0.3 is 0 Å². The second kappa shape index (κ2) is 7.34. The number of amides is 1. The lowest BCUT2D eigenvalue weighted by Crippen LogP contribution is -2.37. The maximum Gasteiger partial charge on any atom is 0.280 e. The summed E-state index contributed by atoms with van der Waals surface area (Å²) in [4.78, 5) is 19.5. The number of carbonyl (C=O) groups is 1. The number of fused-ring (bicyclic) bond motifs is 1. The first-order valence-corrected chi connectivity index (χ1v) is 9.87. The number of para-hydroxylation sites is 1. The van der Waals surface area contributed by atoms with E-state index in [0.29, 0.717) is 22.4 Å². The quantitative estimate of drug-likeness (QED) is 0.660. The molecular formula is C18H19ClN4O2S. The topological polar surface area (TPSA) is 60.2 Å². The van der Waals surface area contributed by atoms with Gasteiger partial charge in [0.2, 0.25) is 0 Å². The van der Waals surface area contributed by atoms with Crippen LogP contribution in [0.3, 0.4) is 0 Å². The molecule has 3 aromatic rings. The minimum atomic E-state index is -0.164. The van der Waals surface area contributed by atoms with Crippen molar-refractivity contribution in [3.05, 3.63) is 41.2 Å². The Labute approximate surface area is 160 Å². The summed E-state index contributed by atoms with van der Waals surface area (Å²) in [6.45, 7) is 3.91. The van der Waals surface area contributed by atoms with Crippen LogP contribution in [0.15, 0.2) is 30.5 Å². The van der Waals surface area contributed by atoms with E-state index in [0.717, 1.165) is 36.2 Å². The van der Waals surface area contributed by atoms with Crippen molar-refractivity contribution >= 4 is 44.2 Å². The van der Waals surface area contributed by atoms with Gasteiger partial charge in [-0.05, 0) is 38.0 Å². The van der Waals surface area contributed by atoms with E-state index in [9.17, 15) is 4.79 Å². The van der Waals surface area contributed by atoms with Crippen LogP contribution in [0.5, 0.6) is 0 Å². The summed E-state index contributed by atoms with van der Waals surface area (Å²) in [7, 11) is 0. The molecule has 1 amide bonds. The number of hydrogen-bond acceptors (Lipinski definition) is 5. The van der Waals surface area contributed by atoms with Gasteiger partial charge in [-0.15, -0.1) is 0 Å². The molecule has 26 heavy (non-hydrogen) atoms. The summed E-state index contributed by atoms with van der Waals surface area (Å²) in [5, 5.41) is 5.57. The zero-order chi connectivity index (χ0) is 18.1. The van der Waals surface area contributed by atoms with E-state index < -0.39 is 0 Å². The highest BCUT2D eigenvalue weighted by Gasteiger charge is 2.28. The average Bonchev–Trinajstić information content (AvgIpc) is 3.38. The Kier molecular flexibility index (Phi) is 4.93. The molecule has 0 radical (unpaired) electrons. The number of rotatable bonds is 5. The number of ether oxygens (including phenoxy) is 1. The van der Waals surface area contributed by atoms with Gasteiger partial charge in [0.1, 0.15) is 5.52 Å². The van der Waals surface area contributed by atoms with Gasteiger partial charge in [0.25, 0.3) is 5.91 Å². The lowest BCUT2D eigenvalue weighted by Gasteiger charge is -2.22. The number of anilines is 1. The Hall–Kier alpha value is -1.96. The molecule has 8 heteroatoms. The molecular weight excluding hydrogens is 372 g/mol. The predicted molar refractivity (Wildman–Crippen MR) is 103 cm³/mol. The van der Waals surface area contributed by atoms with Gasteiger partial charge in [-0.3, -0.25) is 14.4 Å². The number of benzene rings is 1. The molecule has 0 spiro atoms. The van der Waals surface area contributed by atoms with Crippen molar-refractivity contribution in [2.45, 2.75) is 32.4 Å². The molecule has 1 unspecified atom stereocenters. The van der Waals surface area contributed by atoms with Crippen LogP contribution in [0.1, 0.15) is 30.3 Å². The smallest absolute Gasteiger partial charge is 0.280 e. The van der Waals surface area contributed by atoms with Crippen LogP contribution in [0.4, 0.5) is 5.13 Å². The van der Waals surface area contributed by atoms with Gasteiger partial charge in [-0.25, -0.2) is 4.98 Å². The van der Waals surface area contributed by atoms with E-state index in [4.69, 9.17) is 16.3 Å². The normalized spacial score (nSPS) is 17.1. The molecule has 1 atom stereocenters. The van der Waals surface area contributed by atoms with Crippen molar-refractivity contribution in [1.82, 2.24) is 14.8 Å². The third-order valence-corrected chi connectivity index (χ3v) is 5.78. The van der Waals surface area contributed by atoms with Gasteiger partial charge in [-0.1, -0.05) is 29.0 Å². The molecule has 4 rings (SSSR count). The maximum absolute atomic E-state index is 13.2. The first kappa shape index (κ1) is 17.5. The van der Waals surface area contributed by atoms with Gasteiger partial charge in [0, 0.05) is 19.3 Å². The number of thiazole rings is 1. The van der Waals surface area contributed by atoms with Crippen molar-refractivity contribution in [3.8, 4) is 0 Å². The Bertz CT molecular complexity index is 932. The maximum atomic E-state index is 13.2. The Morgan fingerprint density at radius 1 is 1.46 bits per heavy atom. The molecule has 0 bridgehead atoms. The zero-order valence-electron chi connectivity index (χ0n) is 14.4. The molecule has 3 heterocycles. The van der Waals surface area contributed by atoms with Gasteiger partial charge in [0.15, 0.2) is 10.8 Å². The third kappa shape index (κ3) is 3.34. The van der Waals surface area contributed by atoms with E-state index in [2.05, 4.69) is 10.1 Å². The standard InChI is InChI=1S/C18H19ClN4O2S/c1-2-22-9-8-14(21-22)17(24)23(11-12-5-4-10-25-12)18-20-16-13(19)6-3-7-15(16)26-18/h3,6-9,12H,2,4-5,10-11H2,1H3. The summed E-state index contributed by atoms with van der Waals surface area (Å²) in [5.41, 5.74) is 1.13. The third-order valence-electron chi connectivity index (χ3n) is 4.43. The van der Waals surface area contributed by atoms with Gasteiger partial charge in [0.05, 0.1) is 22.4 Å². The minimum Gasteiger partial charge on any atom is -0.376 e. The summed E-state index contributed by atoms with van der Waals surface area (Å²) in [5.74, 6) is -0.164. The lowest BCUT2D eigenvalue weighted by atomic mass is 10.2. The molecule has 0 saturated carbocycles. The van der Waals surface area contributed by atoms with Crippen LogP contribution in [0.25, 0.3) is 10.2 Å². The van der Waals surface area contributed by atoms with Crippen LogP contribution >= 0.6 is 22.9 Å². The Morgan fingerprint density at radius 3 is 3.04 bits per heavy atom. The number of halogens is 1. The van der Waals surface area contributed by atoms with Crippen molar-refractivity contribution in [2.24, 2.45) is 0 Å². The molecule has 1 aliphatic rings. The number of aromatic nitrogens is 3. The molecule has 0 N–H and O–H groups in total. The second-order valence-corrected chi connectivity index (χ2v) is 7.61. The van der Waals surface area contributed by atoms with Crippen molar-refractivity contribution in [3.63, 3.8) is 0 Å². The number of nitrogens with zero attached hydrogens (tertiary/aromatic N) is 4. The van der Waals surface area contributed by atoms with Crippen LogP contribution in [0, 0.1) is 0 Å². The number of carbonyl (C=O) groups excluding carboxylic acids is 1. The molecule has 1 aliphatic heterocycles. The summed E-state index contributed by atoms with van der Waals surface area (Å²) < 4.78 is 8.44. The molecule has 0 aliphatic carbocycles. The molecule has 136 valence electrons. The average molecular weight is 391 g/mol. The SMILES string of the molecule is CCn1ccc(C(=O)N(CC2CCCO2)c2nc3c(Cl)cccc3s2)n1. The second-order valence-electron chi connectivity index (χ2n) is 6.19. The van der Waals surface area contributed by atoms with E-state index in [1.807, 2.05) is 31.3 Å². The largest absolute Gasteiger partial charge is 0.376 e. The van der Waals surface area contributed by atoms with Gasteiger partial charge in [-0.2, -0.15) is 5.10 Å². The van der Waals surface area contributed by atoms with Crippen LogP contribution in [0.2, 0.25) is 5.02 Å². The molecule has 1 saturated heterocycles. The Morgan fingerprint density at radius 2 is 2.35 bits per heavy atom. The van der Waals surface area contributed by atoms with Crippen LogP contribution in [-0.2, 0) is 11.3 Å². The highest BCUT2D eigenvalue weighted by molar-refractivity contribution is 7.22. The fourth-order valence-corrected chi connectivity index (χ4v) is 4.32. The highest BCUT2D eigenvalue weighted by atomic mass is 35.5. The first-order chi connectivity index (χ1) is 12.7. The zero-order valence-corrected chi connectivity index (χ0v) is 16.0. The monoisotopic (exact) mass is 390 g/mol. The predicted octanol–water partition coefficient (Wildman–Crippen LogP) is 3.99. The van der Waals surface area contributed by atoms with Crippen molar-refractivity contribution in [2.75, 3.05) is 18.1 Å². The first-order valence-electron chi connectivity index (χ1n) is 8.67. The summed E-state index contributed by atoms with van der Waals surface area (Å²) in [6.07, 6.45) is 3.80. The highest BCUT2D eigenvalue weighted by Crippen LogP contribution is 2.34. The number of hydrogen-bond donors (Lipinski definition) is 0. The lowest BCUT2D eigenvalue weighted by molar-refractivity contribution is 0.0912. The van der Waals surface area contributed by atoms with Crippen LogP contribution in [-0.4, -0.2) is 39.9 Å². The fraction of sp³-hybridized carbons (Fsp3) is 0.389. The summed E-state index contributed by atoms with van der Waals surface area (Å²) in [6, 6.07) is 7.40. The van der Waals surface area contributed by atoms with E-state index in [-0.39, 0.29) is 12.0 Å². The molecule has 1 aromatic carbocycles. The molecule has 1 fully saturated rings. The van der Waals surface area contributed by atoms with Crippen molar-refractivity contribution in [1.29, 1.82) is 0 Å². The fourth-order valence-electron chi connectivity index (χ4n) is 3.05. The number of aryl methyl sites for hydroxylation is 1. The van der Waals surface area contributed by atoms with Crippen molar-refractivity contribution < 1.29 is 9.53 Å².